The molecule has 3 heterocycles. The molecule has 8 nitrogen and oxygen atoms in total. The van der Waals surface area contributed by atoms with Crippen molar-refractivity contribution < 1.29 is 9.21 Å². The molecular formula is C25H29N5O3. The van der Waals surface area contributed by atoms with Gasteiger partial charge in [0.25, 0.3) is 11.5 Å². The number of pyridine rings is 1. The summed E-state index contributed by atoms with van der Waals surface area (Å²) in [4.78, 5) is 33.2. The highest BCUT2D eigenvalue weighted by molar-refractivity contribution is 5.91. The van der Waals surface area contributed by atoms with E-state index < -0.39 is 0 Å². The van der Waals surface area contributed by atoms with Crippen LogP contribution in [0.5, 0.6) is 0 Å². The lowest BCUT2D eigenvalue weighted by Gasteiger charge is -2.36. The van der Waals surface area contributed by atoms with Crippen LogP contribution in [0.2, 0.25) is 0 Å². The third-order valence-electron chi connectivity index (χ3n) is 5.62. The molecule has 0 unspecified atom stereocenters. The van der Waals surface area contributed by atoms with Gasteiger partial charge in [0.05, 0.1) is 19.4 Å². The van der Waals surface area contributed by atoms with Crippen molar-refractivity contribution in [3.05, 3.63) is 94.3 Å². The minimum absolute atomic E-state index is 0.00702. The average molecular weight is 448 g/mol. The summed E-state index contributed by atoms with van der Waals surface area (Å²) in [6.07, 6.45) is 3.32. The first kappa shape index (κ1) is 22.4. The summed E-state index contributed by atoms with van der Waals surface area (Å²) in [6.45, 7) is 6.59. The summed E-state index contributed by atoms with van der Waals surface area (Å²) < 4.78 is 6.93. The van der Waals surface area contributed by atoms with Crippen LogP contribution in [0.25, 0.3) is 0 Å². The topological polar surface area (TPSA) is 83.1 Å². The number of rotatable bonds is 6. The second kappa shape index (κ2) is 10.7. The van der Waals surface area contributed by atoms with E-state index in [-0.39, 0.29) is 11.5 Å². The first-order chi connectivity index (χ1) is 16.1. The molecular weight excluding hydrogens is 418 g/mol. The number of nitrogens with one attached hydrogen (secondary N) is 1. The molecule has 0 bridgehead atoms. The number of amides is 1. The molecule has 0 spiro atoms. The molecule has 1 N–H and O–H groups in total. The Morgan fingerprint density at radius 1 is 0.970 bits per heavy atom. The normalized spacial score (nSPS) is 14.4. The van der Waals surface area contributed by atoms with E-state index >= 15 is 0 Å². The van der Waals surface area contributed by atoms with Crippen LogP contribution in [0.15, 0.2) is 81.3 Å². The van der Waals surface area contributed by atoms with Crippen LogP contribution in [-0.4, -0.2) is 59.0 Å². The quantitative estimate of drug-likeness (QED) is 0.464. The van der Waals surface area contributed by atoms with E-state index in [1.54, 1.807) is 35.0 Å². The molecule has 1 aliphatic heterocycles. The molecule has 1 aliphatic rings. The zero-order valence-electron chi connectivity index (χ0n) is 18.8. The second-order valence-corrected chi connectivity index (χ2v) is 7.91. The van der Waals surface area contributed by atoms with Crippen molar-refractivity contribution in [2.45, 2.75) is 20.0 Å². The van der Waals surface area contributed by atoms with Gasteiger partial charge in [0.1, 0.15) is 0 Å². The molecule has 8 heteroatoms. The summed E-state index contributed by atoms with van der Waals surface area (Å²) in [7, 11) is 0. The Bertz CT molecular complexity index is 1130. The van der Waals surface area contributed by atoms with Gasteiger partial charge in [-0.15, -0.1) is 0 Å². The van der Waals surface area contributed by atoms with Crippen molar-refractivity contribution >= 4 is 11.9 Å². The van der Waals surface area contributed by atoms with Crippen LogP contribution < -0.4 is 10.9 Å². The molecule has 0 saturated carbocycles. The number of carbonyl (C=O) groups is 1. The first-order valence-electron chi connectivity index (χ1n) is 11.2. The Morgan fingerprint density at radius 3 is 2.36 bits per heavy atom. The number of nitrogens with zero attached hydrogens (tertiary/aromatic N) is 4. The number of carbonyl (C=O) groups excluding carboxylic acids is 1. The van der Waals surface area contributed by atoms with Crippen molar-refractivity contribution in [1.82, 2.24) is 19.7 Å². The van der Waals surface area contributed by atoms with Crippen molar-refractivity contribution in [2.75, 3.05) is 32.7 Å². The summed E-state index contributed by atoms with van der Waals surface area (Å²) in [5, 5.41) is 3.36. The number of hydrogen-bond acceptors (Lipinski definition) is 4. The number of benzene rings is 1. The maximum absolute atomic E-state index is 12.5. The van der Waals surface area contributed by atoms with Gasteiger partial charge in [0.15, 0.2) is 11.7 Å². The van der Waals surface area contributed by atoms with E-state index in [4.69, 9.17) is 9.41 Å². The highest BCUT2D eigenvalue weighted by Gasteiger charge is 2.25. The molecule has 3 aromatic rings. The average Bonchev–Trinajstić information content (AvgIpc) is 3.39. The Labute approximate surface area is 193 Å². The molecule has 1 aromatic carbocycles. The third-order valence-corrected chi connectivity index (χ3v) is 5.62. The number of aromatic nitrogens is 1. The number of furan rings is 1. The van der Waals surface area contributed by atoms with E-state index in [9.17, 15) is 9.59 Å². The summed E-state index contributed by atoms with van der Waals surface area (Å²) in [5.74, 6) is 1.16. The van der Waals surface area contributed by atoms with Crippen molar-refractivity contribution in [2.24, 2.45) is 4.99 Å². The SMILES string of the molecule is CCNC(=NCc1ccc(Cn2ccccc2=O)cc1)N1CCN(C(=O)c2ccco2)CC1. The lowest BCUT2D eigenvalue weighted by molar-refractivity contribution is 0.0657. The fourth-order valence-corrected chi connectivity index (χ4v) is 3.81. The van der Waals surface area contributed by atoms with Gasteiger partial charge in [-0.1, -0.05) is 30.3 Å². The molecule has 0 atom stereocenters. The van der Waals surface area contributed by atoms with Crippen LogP contribution in [-0.2, 0) is 13.1 Å². The fraction of sp³-hybridized carbons (Fsp3) is 0.320. The molecule has 33 heavy (non-hydrogen) atoms. The Kier molecular flexibility index (Phi) is 7.24. The number of hydrogen-bond donors (Lipinski definition) is 1. The predicted octanol–water partition coefficient (Wildman–Crippen LogP) is 2.41. The zero-order chi connectivity index (χ0) is 23.0. The van der Waals surface area contributed by atoms with Gasteiger partial charge in [0, 0.05) is 45.0 Å². The standard InChI is InChI=1S/C25H29N5O3/c1-2-26-25(29-15-13-28(14-16-29)24(32)22-6-5-17-33-22)27-18-20-8-10-21(11-9-20)19-30-12-4-3-7-23(30)31/h3-12,17H,2,13-16,18-19H2,1H3,(H,26,27). The number of aliphatic imine (C=N–C) groups is 1. The van der Waals surface area contributed by atoms with Gasteiger partial charge in [-0.3, -0.25) is 9.59 Å². The lowest BCUT2D eigenvalue weighted by Crippen LogP contribution is -2.53. The lowest BCUT2D eigenvalue weighted by atomic mass is 10.1. The molecule has 0 aliphatic carbocycles. The van der Waals surface area contributed by atoms with Crippen LogP contribution in [0.3, 0.4) is 0 Å². The van der Waals surface area contributed by atoms with Gasteiger partial charge in [-0.05, 0) is 36.2 Å². The van der Waals surface area contributed by atoms with E-state index in [1.165, 1.54) is 6.26 Å². The van der Waals surface area contributed by atoms with Crippen molar-refractivity contribution in [3.8, 4) is 0 Å². The molecule has 1 fully saturated rings. The van der Waals surface area contributed by atoms with Crippen LogP contribution >= 0.6 is 0 Å². The molecule has 1 saturated heterocycles. The first-order valence-corrected chi connectivity index (χ1v) is 11.2. The van der Waals surface area contributed by atoms with Gasteiger partial charge in [-0.2, -0.15) is 0 Å². The minimum atomic E-state index is -0.0700. The number of guanidine groups is 1. The van der Waals surface area contributed by atoms with Gasteiger partial charge < -0.3 is 24.1 Å². The second-order valence-electron chi connectivity index (χ2n) is 7.91. The molecule has 0 radical (unpaired) electrons. The van der Waals surface area contributed by atoms with Gasteiger partial charge in [0.2, 0.25) is 0 Å². The van der Waals surface area contributed by atoms with Gasteiger partial charge in [-0.25, -0.2) is 4.99 Å². The Balaban J connectivity index is 1.35. The van der Waals surface area contributed by atoms with E-state index in [2.05, 4.69) is 22.3 Å². The van der Waals surface area contributed by atoms with E-state index in [0.29, 0.717) is 45.0 Å². The van der Waals surface area contributed by atoms with Gasteiger partial charge >= 0.3 is 0 Å². The summed E-state index contributed by atoms with van der Waals surface area (Å²) >= 11 is 0. The highest BCUT2D eigenvalue weighted by Crippen LogP contribution is 2.11. The minimum Gasteiger partial charge on any atom is -0.459 e. The maximum atomic E-state index is 12.5. The summed E-state index contributed by atoms with van der Waals surface area (Å²) in [5.41, 5.74) is 2.16. The molecule has 2 aromatic heterocycles. The van der Waals surface area contributed by atoms with Crippen molar-refractivity contribution in [3.63, 3.8) is 0 Å². The largest absolute Gasteiger partial charge is 0.459 e. The molecule has 1 amide bonds. The van der Waals surface area contributed by atoms with Crippen LogP contribution in [0.4, 0.5) is 0 Å². The third kappa shape index (κ3) is 5.71. The van der Waals surface area contributed by atoms with Crippen LogP contribution in [0.1, 0.15) is 28.6 Å². The predicted molar refractivity (Wildman–Crippen MR) is 127 cm³/mol. The zero-order valence-corrected chi connectivity index (χ0v) is 18.8. The molecule has 4 rings (SSSR count). The number of piperazine rings is 1. The van der Waals surface area contributed by atoms with Crippen LogP contribution in [0, 0.1) is 0 Å². The molecule has 172 valence electrons. The Hall–Kier alpha value is -3.81. The van der Waals surface area contributed by atoms with Crippen molar-refractivity contribution in [1.29, 1.82) is 0 Å². The fourth-order valence-electron chi connectivity index (χ4n) is 3.81. The van der Waals surface area contributed by atoms with E-state index in [0.717, 1.165) is 23.6 Å². The monoisotopic (exact) mass is 447 g/mol. The Morgan fingerprint density at radius 2 is 1.70 bits per heavy atom. The summed E-state index contributed by atoms with van der Waals surface area (Å²) in [6, 6.07) is 16.8. The maximum Gasteiger partial charge on any atom is 0.289 e. The highest BCUT2D eigenvalue weighted by atomic mass is 16.3. The van der Waals surface area contributed by atoms with E-state index in [1.807, 2.05) is 30.0 Å². The smallest absolute Gasteiger partial charge is 0.289 e.